The first-order valence-electron chi connectivity index (χ1n) is 8.20. The molecule has 0 atom stereocenters. The number of benzene rings is 1. The highest BCUT2D eigenvalue weighted by molar-refractivity contribution is 6.39. The van der Waals surface area contributed by atoms with Crippen molar-refractivity contribution < 1.29 is 14.4 Å². The van der Waals surface area contributed by atoms with Crippen LogP contribution < -0.4 is 5.43 Å². The van der Waals surface area contributed by atoms with Crippen molar-refractivity contribution in [2.24, 2.45) is 5.10 Å². The van der Waals surface area contributed by atoms with E-state index in [1.165, 1.54) is 0 Å². The van der Waals surface area contributed by atoms with Gasteiger partial charge in [0.25, 0.3) is 5.91 Å². The molecule has 0 spiro atoms. The van der Waals surface area contributed by atoms with Crippen LogP contribution in [0.25, 0.3) is 0 Å². The quantitative estimate of drug-likeness (QED) is 0.864. The Hall–Kier alpha value is -2.41. The third-order valence-electron chi connectivity index (χ3n) is 4.34. The first-order chi connectivity index (χ1) is 12.0. The van der Waals surface area contributed by atoms with E-state index in [-0.39, 0.29) is 24.1 Å². The third-order valence-corrected chi connectivity index (χ3v) is 4.59. The molecule has 2 aliphatic rings. The first-order valence-corrected chi connectivity index (χ1v) is 8.57. The fourth-order valence-electron chi connectivity index (χ4n) is 2.86. The van der Waals surface area contributed by atoms with E-state index in [9.17, 15) is 14.4 Å². The highest BCUT2D eigenvalue weighted by atomic mass is 35.5. The average molecular weight is 363 g/mol. The van der Waals surface area contributed by atoms with Gasteiger partial charge in [0.1, 0.15) is 5.71 Å². The number of piperazine rings is 1. The lowest BCUT2D eigenvalue weighted by Gasteiger charge is -2.35. The normalized spacial score (nSPS) is 17.8. The molecule has 0 bridgehead atoms. The zero-order chi connectivity index (χ0) is 17.8. The molecule has 1 aromatic carbocycles. The SMILES string of the molecule is O=C1CCC(C(=O)N2CCN(C(=O)Cc3ccc(Cl)cc3)CC2)=NN1. The number of hydrogen-bond acceptors (Lipinski definition) is 4. The van der Waals surface area contributed by atoms with E-state index in [1.807, 2.05) is 12.1 Å². The lowest BCUT2D eigenvalue weighted by Crippen LogP contribution is -2.53. The fourth-order valence-corrected chi connectivity index (χ4v) is 2.98. The van der Waals surface area contributed by atoms with Gasteiger partial charge in [-0.3, -0.25) is 14.4 Å². The summed E-state index contributed by atoms with van der Waals surface area (Å²) in [6.45, 7) is 1.94. The average Bonchev–Trinajstić information content (AvgIpc) is 2.64. The predicted molar refractivity (Wildman–Crippen MR) is 93.1 cm³/mol. The third kappa shape index (κ3) is 4.36. The van der Waals surface area contributed by atoms with Crippen molar-refractivity contribution in [1.82, 2.24) is 15.2 Å². The molecule has 1 N–H and O–H groups in total. The molecule has 2 aliphatic heterocycles. The Morgan fingerprint density at radius 1 is 1.04 bits per heavy atom. The summed E-state index contributed by atoms with van der Waals surface area (Å²) in [6, 6.07) is 7.22. The number of carbonyl (C=O) groups excluding carboxylic acids is 3. The molecule has 0 aromatic heterocycles. The summed E-state index contributed by atoms with van der Waals surface area (Å²) in [5, 5.41) is 4.48. The smallest absolute Gasteiger partial charge is 0.270 e. The van der Waals surface area contributed by atoms with Gasteiger partial charge in [0.05, 0.1) is 6.42 Å². The highest BCUT2D eigenvalue weighted by Crippen LogP contribution is 2.12. The molecule has 8 heteroatoms. The summed E-state index contributed by atoms with van der Waals surface area (Å²) in [5.41, 5.74) is 3.63. The van der Waals surface area contributed by atoms with Crippen molar-refractivity contribution in [2.45, 2.75) is 19.3 Å². The summed E-state index contributed by atoms with van der Waals surface area (Å²) < 4.78 is 0. The zero-order valence-corrected chi connectivity index (χ0v) is 14.5. The molecule has 132 valence electrons. The molecule has 3 rings (SSSR count). The fraction of sp³-hybridized carbons (Fsp3) is 0.412. The van der Waals surface area contributed by atoms with Crippen LogP contribution in [0.5, 0.6) is 0 Å². The number of nitrogens with one attached hydrogen (secondary N) is 1. The largest absolute Gasteiger partial charge is 0.339 e. The molecule has 1 saturated heterocycles. The zero-order valence-electron chi connectivity index (χ0n) is 13.7. The van der Waals surface area contributed by atoms with Gasteiger partial charge in [-0.1, -0.05) is 23.7 Å². The Morgan fingerprint density at radius 2 is 1.68 bits per heavy atom. The summed E-state index contributed by atoms with van der Waals surface area (Å²) in [7, 11) is 0. The molecular formula is C17H19ClN4O3. The van der Waals surface area contributed by atoms with Crippen molar-refractivity contribution in [2.75, 3.05) is 26.2 Å². The second-order valence-corrected chi connectivity index (χ2v) is 6.51. The van der Waals surface area contributed by atoms with Gasteiger partial charge in [-0.2, -0.15) is 5.10 Å². The summed E-state index contributed by atoms with van der Waals surface area (Å²) in [5.74, 6) is -0.296. The first kappa shape index (κ1) is 17.4. The van der Waals surface area contributed by atoms with Gasteiger partial charge in [0.2, 0.25) is 11.8 Å². The maximum Gasteiger partial charge on any atom is 0.270 e. The van der Waals surface area contributed by atoms with Crippen LogP contribution in [0.4, 0.5) is 0 Å². The number of hydrazone groups is 1. The highest BCUT2D eigenvalue weighted by Gasteiger charge is 2.28. The van der Waals surface area contributed by atoms with Crippen LogP contribution in [-0.2, 0) is 20.8 Å². The second kappa shape index (κ2) is 7.65. The van der Waals surface area contributed by atoms with Gasteiger partial charge in [-0.05, 0) is 17.7 Å². The molecule has 1 aromatic rings. The van der Waals surface area contributed by atoms with Gasteiger partial charge in [0.15, 0.2) is 0 Å². The van der Waals surface area contributed by atoms with Crippen LogP contribution in [0, 0.1) is 0 Å². The Balaban J connectivity index is 1.51. The molecule has 2 heterocycles. The van der Waals surface area contributed by atoms with Gasteiger partial charge >= 0.3 is 0 Å². The van der Waals surface area contributed by atoms with Crippen LogP contribution in [0.2, 0.25) is 5.02 Å². The Bertz CT molecular complexity index is 709. The standard InChI is InChI=1S/C17H19ClN4O3/c18-13-3-1-12(2-4-13)11-16(24)21-7-9-22(10-8-21)17(25)14-5-6-15(23)20-19-14/h1-4H,5-11H2,(H,20,23). The van der Waals surface area contributed by atoms with E-state index in [4.69, 9.17) is 11.6 Å². The van der Waals surface area contributed by atoms with E-state index >= 15 is 0 Å². The Labute approximate surface area is 150 Å². The van der Waals surface area contributed by atoms with Crippen LogP contribution in [-0.4, -0.2) is 59.4 Å². The molecule has 25 heavy (non-hydrogen) atoms. The number of hydrogen-bond donors (Lipinski definition) is 1. The van der Waals surface area contributed by atoms with Gasteiger partial charge in [-0.15, -0.1) is 0 Å². The van der Waals surface area contributed by atoms with Crippen LogP contribution in [0.1, 0.15) is 18.4 Å². The Kier molecular flexibility index (Phi) is 5.33. The van der Waals surface area contributed by atoms with Crippen molar-refractivity contribution >= 4 is 35.0 Å². The van der Waals surface area contributed by atoms with E-state index in [0.29, 0.717) is 49.8 Å². The minimum Gasteiger partial charge on any atom is -0.339 e. The minimum atomic E-state index is -0.172. The molecule has 0 aliphatic carbocycles. The molecule has 7 nitrogen and oxygen atoms in total. The lowest BCUT2D eigenvalue weighted by atomic mass is 10.1. The molecule has 0 unspecified atom stereocenters. The van der Waals surface area contributed by atoms with Gasteiger partial charge in [-0.25, -0.2) is 5.43 Å². The number of halogens is 1. The van der Waals surface area contributed by atoms with Crippen molar-refractivity contribution in [3.05, 3.63) is 34.9 Å². The summed E-state index contributed by atoms with van der Waals surface area (Å²) in [4.78, 5) is 39.3. The van der Waals surface area contributed by atoms with Crippen molar-refractivity contribution in [3.63, 3.8) is 0 Å². The maximum absolute atomic E-state index is 12.4. The monoisotopic (exact) mass is 362 g/mol. The van der Waals surface area contributed by atoms with Gasteiger partial charge < -0.3 is 9.80 Å². The molecule has 1 fully saturated rings. The van der Waals surface area contributed by atoms with E-state index in [2.05, 4.69) is 10.5 Å². The molecule has 0 radical (unpaired) electrons. The molecular weight excluding hydrogens is 344 g/mol. The van der Waals surface area contributed by atoms with Gasteiger partial charge in [0, 0.05) is 44.0 Å². The molecule has 3 amide bonds. The van der Waals surface area contributed by atoms with E-state index < -0.39 is 0 Å². The number of amides is 3. The van der Waals surface area contributed by atoms with Crippen LogP contribution in [0.3, 0.4) is 0 Å². The second-order valence-electron chi connectivity index (χ2n) is 6.07. The maximum atomic E-state index is 12.4. The topological polar surface area (TPSA) is 82.1 Å². The van der Waals surface area contributed by atoms with Crippen molar-refractivity contribution in [3.8, 4) is 0 Å². The van der Waals surface area contributed by atoms with E-state index in [0.717, 1.165) is 5.56 Å². The Morgan fingerprint density at radius 3 is 2.28 bits per heavy atom. The summed E-state index contributed by atoms with van der Waals surface area (Å²) >= 11 is 5.85. The van der Waals surface area contributed by atoms with Crippen molar-refractivity contribution in [1.29, 1.82) is 0 Å². The lowest BCUT2D eigenvalue weighted by molar-refractivity contribution is -0.136. The molecule has 0 saturated carbocycles. The van der Waals surface area contributed by atoms with Crippen LogP contribution >= 0.6 is 11.6 Å². The van der Waals surface area contributed by atoms with E-state index in [1.54, 1.807) is 21.9 Å². The predicted octanol–water partition coefficient (Wildman–Crippen LogP) is 0.819. The summed E-state index contributed by atoms with van der Waals surface area (Å²) in [6.07, 6.45) is 0.967. The number of nitrogens with zero attached hydrogens (tertiary/aromatic N) is 3. The van der Waals surface area contributed by atoms with Crippen LogP contribution in [0.15, 0.2) is 29.4 Å². The number of rotatable bonds is 3. The minimum absolute atomic E-state index is 0.0386. The number of carbonyl (C=O) groups is 3.